The summed E-state index contributed by atoms with van der Waals surface area (Å²) in [4.78, 5) is 20.5. The van der Waals surface area contributed by atoms with E-state index >= 15 is 0 Å². The summed E-state index contributed by atoms with van der Waals surface area (Å²) in [5.41, 5.74) is -1.90. The lowest BCUT2D eigenvalue weighted by atomic mass is 10.2. The first-order valence-corrected chi connectivity index (χ1v) is 9.75. The molecule has 2 aromatic heterocycles. The minimum absolute atomic E-state index is 0.0999. The number of carbonyl (C=O) groups excluding carboxylic acids is 1. The van der Waals surface area contributed by atoms with Gasteiger partial charge in [0.2, 0.25) is 5.91 Å². The predicted octanol–water partition coefficient (Wildman–Crippen LogP) is 5.15. The van der Waals surface area contributed by atoms with Gasteiger partial charge in [-0.15, -0.1) is 11.3 Å². The lowest BCUT2D eigenvalue weighted by Gasteiger charge is -2.05. The summed E-state index contributed by atoms with van der Waals surface area (Å²) in [6.07, 6.45) is 6.26. The number of nitrogens with one attached hydrogen (secondary N) is 1. The average Bonchev–Trinajstić information content (AvgIpc) is 3.14. The third-order valence-corrected chi connectivity index (χ3v) is 5.07. The molecule has 0 aliphatic heterocycles. The zero-order chi connectivity index (χ0) is 20.0. The number of alkyl halides is 3. The van der Waals surface area contributed by atoms with Gasteiger partial charge in [-0.3, -0.25) is 9.78 Å². The van der Waals surface area contributed by atoms with Gasteiger partial charge in [0, 0.05) is 34.3 Å². The summed E-state index contributed by atoms with van der Waals surface area (Å²) in [6, 6.07) is 9.51. The highest BCUT2D eigenvalue weighted by atomic mass is 32.2. The van der Waals surface area contributed by atoms with Crippen LogP contribution in [-0.2, 0) is 11.3 Å². The van der Waals surface area contributed by atoms with E-state index in [0.717, 1.165) is 16.3 Å². The number of aromatic nitrogens is 2. The van der Waals surface area contributed by atoms with Gasteiger partial charge in [-0.25, -0.2) is 4.98 Å². The maximum Gasteiger partial charge on any atom is 0.446 e. The highest BCUT2D eigenvalue weighted by molar-refractivity contribution is 8.00. The van der Waals surface area contributed by atoms with Crippen molar-refractivity contribution in [1.82, 2.24) is 15.3 Å². The second-order valence-corrected chi connectivity index (χ2v) is 7.61. The highest BCUT2D eigenvalue weighted by Gasteiger charge is 2.28. The van der Waals surface area contributed by atoms with E-state index < -0.39 is 5.51 Å². The number of nitrogens with zero attached hydrogens (tertiary/aromatic N) is 2. The van der Waals surface area contributed by atoms with Crippen LogP contribution in [0.3, 0.4) is 0 Å². The molecular weight excluding hydrogens is 407 g/mol. The van der Waals surface area contributed by atoms with Crippen molar-refractivity contribution in [2.24, 2.45) is 0 Å². The topological polar surface area (TPSA) is 54.9 Å². The number of pyridine rings is 1. The molecule has 1 N–H and O–H groups in total. The maximum atomic E-state index is 12.3. The summed E-state index contributed by atoms with van der Waals surface area (Å²) in [6.45, 7) is 0.292. The Morgan fingerprint density at radius 3 is 2.54 bits per heavy atom. The molecule has 0 spiro atoms. The fraction of sp³-hybridized carbons (Fsp3) is 0.105. The van der Waals surface area contributed by atoms with Crippen molar-refractivity contribution in [2.45, 2.75) is 16.9 Å². The summed E-state index contributed by atoms with van der Waals surface area (Å²) >= 11 is 1.27. The Morgan fingerprint density at radius 1 is 1.14 bits per heavy atom. The van der Waals surface area contributed by atoms with Gasteiger partial charge in [-0.05, 0) is 47.7 Å². The van der Waals surface area contributed by atoms with E-state index in [1.54, 1.807) is 18.5 Å². The fourth-order valence-electron chi connectivity index (χ4n) is 2.22. The largest absolute Gasteiger partial charge is 0.446 e. The Hall–Kier alpha value is -2.65. The van der Waals surface area contributed by atoms with Crippen molar-refractivity contribution >= 4 is 35.1 Å². The van der Waals surface area contributed by atoms with E-state index in [4.69, 9.17) is 0 Å². The van der Waals surface area contributed by atoms with Crippen LogP contribution in [0.4, 0.5) is 13.2 Å². The van der Waals surface area contributed by atoms with Gasteiger partial charge >= 0.3 is 5.51 Å². The van der Waals surface area contributed by atoms with Crippen molar-refractivity contribution < 1.29 is 18.0 Å². The third kappa shape index (κ3) is 6.21. The molecule has 0 saturated carbocycles. The second kappa shape index (κ2) is 9.03. The van der Waals surface area contributed by atoms with Gasteiger partial charge in [0.1, 0.15) is 5.01 Å². The molecule has 0 unspecified atom stereocenters. The monoisotopic (exact) mass is 421 g/mol. The first-order valence-electron chi connectivity index (χ1n) is 8.05. The van der Waals surface area contributed by atoms with Crippen molar-refractivity contribution in [3.8, 4) is 11.3 Å². The lowest BCUT2D eigenvalue weighted by Crippen LogP contribution is -2.20. The molecular formula is C19H14F3N3OS2. The molecule has 4 nitrogen and oxygen atoms in total. The number of halogens is 3. The number of hydrogen-bond donors (Lipinski definition) is 1. The van der Waals surface area contributed by atoms with Gasteiger partial charge in [-0.1, -0.05) is 12.1 Å². The number of thiazole rings is 1. The minimum Gasteiger partial charge on any atom is -0.346 e. The predicted molar refractivity (Wildman–Crippen MR) is 105 cm³/mol. The Labute approximate surface area is 167 Å². The smallest absolute Gasteiger partial charge is 0.346 e. The van der Waals surface area contributed by atoms with Crippen LogP contribution in [0.1, 0.15) is 10.6 Å². The van der Waals surface area contributed by atoms with Crippen molar-refractivity contribution in [3.63, 3.8) is 0 Å². The van der Waals surface area contributed by atoms with Crippen LogP contribution in [0.5, 0.6) is 0 Å². The molecule has 28 heavy (non-hydrogen) atoms. The molecule has 9 heteroatoms. The molecule has 0 aliphatic rings. The molecule has 0 atom stereocenters. The Kier molecular flexibility index (Phi) is 6.48. The van der Waals surface area contributed by atoms with Crippen LogP contribution >= 0.6 is 23.1 Å². The normalized spacial score (nSPS) is 11.7. The van der Waals surface area contributed by atoms with E-state index in [9.17, 15) is 18.0 Å². The van der Waals surface area contributed by atoms with Crippen molar-refractivity contribution in [1.29, 1.82) is 0 Å². The summed E-state index contributed by atoms with van der Waals surface area (Å²) in [5.74, 6) is -0.311. The van der Waals surface area contributed by atoms with E-state index in [0.29, 0.717) is 12.1 Å². The van der Waals surface area contributed by atoms with E-state index in [1.807, 2.05) is 17.5 Å². The van der Waals surface area contributed by atoms with Crippen LogP contribution in [-0.4, -0.2) is 21.4 Å². The number of hydrogen-bond acceptors (Lipinski definition) is 5. The SMILES string of the molecule is O=C(/C=C/c1ccc(SC(F)(F)F)cc1)NCc1nc(-c2ccncc2)cs1. The molecule has 0 bridgehead atoms. The molecule has 0 radical (unpaired) electrons. The Morgan fingerprint density at radius 2 is 1.86 bits per heavy atom. The highest BCUT2D eigenvalue weighted by Crippen LogP contribution is 2.36. The Bertz CT molecular complexity index is 955. The molecule has 3 aromatic rings. The maximum absolute atomic E-state index is 12.3. The van der Waals surface area contributed by atoms with Gasteiger partial charge in [0.15, 0.2) is 0 Å². The zero-order valence-corrected chi connectivity index (χ0v) is 15.9. The van der Waals surface area contributed by atoms with Gasteiger partial charge in [0.05, 0.1) is 12.2 Å². The third-order valence-electron chi connectivity index (χ3n) is 3.48. The molecule has 0 fully saturated rings. The molecule has 0 aliphatic carbocycles. The number of carbonyl (C=O) groups is 1. The molecule has 0 saturated heterocycles. The lowest BCUT2D eigenvalue weighted by molar-refractivity contribution is -0.116. The van der Waals surface area contributed by atoms with Crippen molar-refractivity contribution in [3.05, 3.63) is 70.8 Å². The Balaban J connectivity index is 1.51. The van der Waals surface area contributed by atoms with Crippen LogP contribution in [0, 0.1) is 0 Å². The van der Waals surface area contributed by atoms with Gasteiger partial charge in [-0.2, -0.15) is 13.2 Å². The quantitative estimate of drug-likeness (QED) is 0.442. The number of thioether (sulfide) groups is 1. The molecule has 2 heterocycles. The molecule has 1 amide bonds. The standard InChI is InChI=1S/C19H14F3N3OS2/c20-19(21,22)28-15-4-1-13(2-5-15)3-6-17(26)24-11-18-25-16(12-27-18)14-7-9-23-10-8-14/h1-10,12H,11H2,(H,24,26)/b6-3+. The van der Waals surface area contributed by atoms with Crippen LogP contribution in [0.2, 0.25) is 0 Å². The summed E-state index contributed by atoms with van der Waals surface area (Å²) < 4.78 is 36.9. The average molecular weight is 421 g/mol. The first-order chi connectivity index (χ1) is 13.4. The zero-order valence-electron chi connectivity index (χ0n) is 14.3. The molecule has 144 valence electrons. The van der Waals surface area contributed by atoms with Crippen LogP contribution < -0.4 is 5.32 Å². The van der Waals surface area contributed by atoms with E-state index in [2.05, 4.69) is 15.3 Å². The van der Waals surface area contributed by atoms with Crippen molar-refractivity contribution in [2.75, 3.05) is 0 Å². The van der Waals surface area contributed by atoms with Crippen LogP contribution in [0.15, 0.2) is 65.1 Å². The second-order valence-electron chi connectivity index (χ2n) is 5.53. The fourth-order valence-corrected chi connectivity index (χ4v) is 3.50. The first kappa shape index (κ1) is 20.1. The summed E-state index contributed by atoms with van der Waals surface area (Å²) in [7, 11) is 0. The molecule has 3 rings (SSSR count). The number of benzene rings is 1. The van der Waals surface area contributed by atoms with E-state index in [1.165, 1.54) is 41.7 Å². The minimum atomic E-state index is -4.32. The summed E-state index contributed by atoms with van der Waals surface area (Å²) in [5, 5.41) is 5.41. The van der Waals surface area contributed by atoms with Crippen LogP contribution in [0.25, 0.3) is 17.3 Å². The number of amides is 1. The van der Waals surface area contributed by atoms with E-state index in [-0.39, 0.29) is 22.6 Å². The van der Waals surface area contributed by atoms with Gasteiger partial charge in [0.25, 0.3) is 0 Å². The molecule has 1 aromatic carbocycles. The van der Waals surface area contributed by atoms with Gasteiger partial charge < -0.3 is 5.32 Å². The number of rotatable bonds is 6.